The van der Waals surface area contributed by atoms with Crippen LogP contribution >= 0.6 is 0 Å². The molecule has 1 aliphatic carbocycles. The number of carbonyl (C=O) groups is 2. The second-order valence-electron chi connectivity index (χ2n) is 4.13. The van der Waals surface area contributed by atoms with Gasteiger partial charge >= 0.3 is 5.97 Å². The van der Waals surface area contributed by atoms with Gasteiger partial charge in [-0.15, -0.1) is 0 Å². The molecule has 1 fully saturated rings. The molecule has 0 saturated heterocycles. The maximum Gasteiger partial charge on any atom is 0.307 e. The topological polar surface area (TPSA) is 66.4 Å². The van der Waals surface area contributed by atoms with Crippen LogP contribution < -0.4 is 5.32 Å². The Labute approximate surface area is 90.0 Å². The van der Waals surface area contributed by atoms with E-state index in [1.807, 2.05) is 0 Å². The summed E-state index contributed by atoms with van der Waals surface area (Å²) in [7, 11) is 0. The highest BCUT2D eigenvalue weighted by Gasteiger charge is 2.41. The van der Waals surface area contributed by atoms with Crippen LogP contribution in [0.15, 0.2) is 0 Å². The minimum atomic E-state index is -0.838. The van der Waals surface area contributed by atoms with Crippen molar-refractivity contribution in [2.45, 2.75) is 39.0 Å². The first-order valence-corrected chi connectivity index (χ1v) is 5.67. The quantitative estimate of drug-likeness (QED) is 0.655. The van der Waals surface area contributed by atoms with Crippen molar-refractivity contribution in [3.05, 3.63) is 0 Å². The third-order valence-electron chi connectivity index (χ3n) is 3.01. The molecule has 0 radical (unpaired) electrons. The molecule has 1 saturated carbocycles. The molecule has 0 heterocycles. The van der Waals surface area contributed by atoms with E-state index in [1.54, 1.807) is 0 Å². The van der Waals surface area contributed by atoms with Gasteiger partial charge in [-0.2, -0.15) is 0 Å². The Morgan fingerprint density at radius 3 is 2.40 bits per heavy atom. The SMILES string of the molecule is CCCCCNC(=O)C1CCC1C(=O)O. The Morgan fingerprint density at radius 1 is 1.27 bits per heavy atom. The Bertz CT molecular complexity index is 240. The minimum Gasteiger partial charge on any atom is -0.481 e. The van der Waals surface area contributed by atoms with Crippen LogP contribution in [-0.2, 0) is 9.59 Å². The highest BCUT2D eigenvalue weighted by molar-refractivity contribution is 5.86. The fourth-order valence-electron chi connectivity index (χ4n) is 1.83. The van der Waals surface area contributed by atoms with Crippen LogP contribution in [0, 0.1) is 11.8 Å². The third kappa shape index (κ3) is 3.22. The van der Waals surface area contributed by atoms with E-state index in [-0.39, 0.29) is 11.8 Å². The van der Waals surface area contributed by atoms with Crippen LogP contribution in [0.4, 0.5) is 0 Å². The molecule has 4 nitrogen and oxygen atoms in total. The number of carboxylic acids is 1. The zero-order valence-corrected chi connectivity index (χ0v) is 9.16. The van der Waals surface area contributed by atoms with E-state index in [4.69, 9.17) is 5.11 Å². The average Bonchev–Trinajstić information content (AvgIpc) is 2.09. The van der Waals surface area contributed by atoms with E-state index in [0.717, 1.165) is 25.7 Å². The van der Waals surface area contributed by atoms with Crippen LogP contribution in [-0.4, -0.2) is 23.5 Å². The normalized spacial score (nSPS) is 24.3. The van der Waals surface area contributed by atoms with Crippen molar-refractivity contribution < 1.29 is 14.7 Å². The van der Waals surface area contributed by atoms with Gasteiger partial charge in [0.15, 0.2) is 0 Å². The molecule has 0 aliphatic heterocycles. The van der Waals surface area contributed by atoms with Gasteiger partial charge in [0.25, 0.3) is 0 Å². The summed E-state index contributed by atoms with van der Waals surface area (Å²) in [5, 5.41) is 11.6. The molecule has 0 aromatic carbocycles. The second-order valence-corrected chi connectivity index (χ2v) is 4.13. The summed E-state index contributed by atoms with van der Waals surface area (Å²) < 4.78 is 0. The summed E-state index contributed by atoms with van der Waals surface area (Å²) in [6, 6.07) is 0. The Morgan fingerprint density at radius 2 is 1.93 bits per heavy atom. The predicted molar refractivity (Wildman–Crippen MR) is 56.4 cm³/mol. The zero-order chi connectivity index (χ0) is 11.3. The molecule has 15 heavy (non-hydrogen) atoms. The van der Waals surface area contributed by atoms with Gasteiger partial charge in [-0.25, -0.2) is 0 Å². The zero-order valence-electron chi connectivity index (χ0n) is 9.16. The Hall–Kier alpha value is -1.06. The van der Waals surface area contributed by atoms with Gasteiger partial charge in [-0.1, -0.05) is 19.8 Å². The lowest BCUT2D eigenvalue weighted by molar-refractivity contribution is -0.152. The van der Waals surface area contributed by atoms with Gasteiger partial charge in [0, 0.05) is 6.54 Å². The van der Waals surface area contributed by atoms with Crippen molar-refractivity contribution in [2.75, 3.05) is 6.54 Å². The molecule has 2 unspecified atom stereocenters. The monoisotopic (exact) mass is 213 g/mol. The fourth-order valence-corrected chi connectivity index (χ4v) is 1.83. The molecule has 4 heteroatoms. The van der Waals surface area contributed by atoms with Gasteiger partial charge < -0.3 is 10.4 Å². The summed E-state index contributed by atoms with van der Waals surface area (Å²) in [5.41, 5.74) is 0. The Balaban J connectivity index is 2.20. The number of carboxylic acid groups (broad SMARTS) is 1. The number of unbranched alkanes of at least 4 members (excludes halogenated alkanes) is 2. The van der Waals surface area contributed by atoms with E-state index < -0.39 is 11.9 Å². The number of carbonyl (C=O) groups excluding carboxylic acids is 1. The molecular formula is C11H19NO3. The number of nitrogens with one attached hydrogen (secondary N) is 1. The maximum absolute atomic E-state index is 11.5. The maximum atomic E-state index is 11.5. The van der Waals surface area contributed by atoms with Crippen molar-refractivity contribution in [2.24, 2.45) is 11.8 Å². The summed E-state index contributed by atoms with van der Waals surface area (Å²) in [6.45, 7) is 2.78. The van der Waals surface area contributed by atoms with Gasteiger partial charge in [0.1, 0.15) is 0 Å². The molecular weight excluding hydrogens is 194 g/mol. The molecule has 0 spiro atoms. The smallest absolute Gasteiger partial charge is 0.307 e. The molecule has 1 aliphatic rings. The predicted octanol–water partition coefficient (Wildman–Crippen LogP) is 1.40. The van der Waals surface area contributed by atoms with Crippen molar-refractivity contribution >= 4 is 11.9 Å². The molecule has 0 aromatic rings. The largest absolute Gasteiger partial charge is 0.481 e. The first-order valence-electron chi connectivity index (χ1n) is 5.67. The van der Waals surface area contributed by atoms with Crippen LogP contribution in [0.3, 0.4) is 0 Å². The van der Waals surface area contributed by atoms with Crippen molar-refractivity contribution in [1.29, 1.82) is 0 Å². The molecule has 0 bridgehead atoms. The lowest BCUT2D eigenvalue weighted by atomic mass is 9.73. The van der Waals surface area contributed by atoms with Crippen LogP contribution in [0.5, 0.6) is 0 Å². The Kier molecular flexibility index (Phi) is 4.59. The van der Waals surface area contributed by atoms with E-state index >= 15 is 0 Å². The first kappa shape index (κ1) is 12.0. The highest BCUT2D eigenvalue weighted by Crippen LogP contribution is 2.34. The molecule has 0 aromatic heterocycles. The van der Waals surface area contributed by atoms with E-state index in [9.17, 15) is 9.59 Å². The molecule has 1 rings (SSSR count). The summed E-state index contributed by atoms with van der Waals surface area (Å²) in [5.74, 6) is -1.65. The van der Waals surface area contributed by atoms with Gasteiger partial charge in [0.2, 0.25) is 5.91 Å². The summed E-state index contributed by atoms with van der Waals surface area (Å²) in [4.78, 5) is 22.2. The molecule has 2 atom stereocenters. The molecule has 1 amide bonds. The average molecular weight is 213 g/mol. The number of amides is 1. The van der Waals surface area contributed by atoms with E-state index in [1.165, 1.54) is 0 Å². The number of hydrogen-bond acceptors (Lipinski definition) is 2. The first-order chi connectivity index (χ1) is 7.16. The van der Waals surface area contributed by atoms with Gasteiger partial charge in [0.05, 0.1) is 11.8 Å². The number of hydrogen-bond donors (Lipinski definition) is 2. The van der Waals surface area contributed by atoms with Crippen LogP contribution in [0.25, 0.3) is 0 Å². The second kappa shape index (κ2) is 5.73. The lowest BCUT2D eigenvalue weighted by Gasteiger charge is -2.31. The highest BCUT2D eigenvalue weighted by atomic mass is 16.4. The van der Waals surface area contributed by atoms with Crippen LogP contribution in [0.2, 0.25) is 0 Å². The van der Waals surface area contributed by atoms with Gasteiger partial charge in [-0.05, 0) is 19.3 Å². The minimum absolute atomic E-state index is 0.0789. The van der Waals surface area contributed by atoms with E-state index in [0.29, 0.717) is 13.0 Å². The van der Waals surface area contributed by atoms with Gasteiger partial charge in [-0.3, -0.25) is 9.59 Å². The summed E-state index contributed by atoms with van der Waals surface area (Å²) >= 11 is 0. The molecule has 2 N–H and O–H groups in total. The summed E-state index contributed by atoms with van der Waals surface area (Å²) in [6.07, 6.45) is 4.57. The molecule has 86 valence electrons. The van der Waals surface area contributed by atoms with Crippen molar-refractivity contribution in [3.8, 4) is 0 Å². The van der Waals surface area contributed by atoms with E-state index in [2.05, 4.69) is 12.2 Å². The number of rotatable bonds is 6. The standard InChI is InChI=1S/C11H19NO3/c1-2-3-4-7-12-10(13)8-5-6-9(8)11(14)15/h8-9H,2-7H2,1H3,(H,12,13)(H,14,15). The lowest BCUT2D eigenvalue weighted by Crippen LogP contribution is -2.44. The van der Waals surface area contributed by atoms with Crippen LogP contribution in [0.1, 0.15) is 39.0 Å². The number of aliphatic carboxylic acids is 1. The van der Waals surface area contributed by atoms with Crippen molar-refractivity contribution in [3.63, 3.8) is 0 Å². The van der Waals surface area contributed by atoms with Crippen molar-refractivity contribution in [1.82, 2.24) is 5.32 Å². The third-order valence-corrected chi connectivity index (χ3v) is 3.01. The fraction of sp³-hybridized carbons (Fsp3) is 0.818.